The third-order valence-corrected chi connectivity index (χ3v) is 3.22. The average molecular weight is 303 g/mol. The largest absolute Gasteiger partial charge is 0.383 e. The minimum atomic E-state index is -0.383. The van der Waals surface area contributed by atoms with Crippen LogP contribution in [0, 0.1) is 10.1 Å². The maximum atomic E-state index is 10.7. The second kappa shape index (κ2) is 7.37. The first kappa shape index (κ1) is 14.1. The van der Waals surface area contributed by atoms with Crippen molar-refractivity contribution in [2.75, 3.05) is 26.8 Å². The van der Waals surface area contributed by atoms with E-state index in [0.29, 0.717) is 11.1 Å². The molecule has 0 aliphatic heterocycles. The highest BCUT2D eigenvalue weighted by Crippen LogP contribution is 2.28. The fraction of sp³-hybridized carbons (Fsp3) is 0.455. The zero-order valence-corrected chi connectivity index (χ0v) is 11.2. The van der Waals surface area contributed by atoms with E-state index < -0.39 is 0 Å². The zero-order valence-electron chi connectivity index (χ0n) is 9.61. The van der Waals surface area contributed by atoms with Gasteiger partial charge in [0, 0.05) is 19.7 Å². The van der Waals surface area contributed by atoms with E-state index >= 15 is 0 Å². The summed E-state index contributed by atoms with van der Waals surface area (Å²) in [5.74, 6) is 0. The fourth-order valence-electron chi connectivity index (χ4n) is 1.42. The van der Waals surface area contributed by atoms with E-state index in [1.807, 2.05) is 6.07 Å². The second-order valence-corrected chi connectivity index (χ2v) is 4.29. The Hall–Kier alpha value is -0.980. The molecule has 0 heterocycles. The van der Waals surface area contributed by atoms with Gasteiger partial charge in [0.05, 0.1) is 16.0 Å². The van der Waals surface area contributed by atoms with E-state index in [1.165, 1.54) is 6.07 Å². The number of nitro benzene ring substituents is 1. The molecular formula is C11H15BrN2O3. The zero-order chi connectivity index (χ0) is 12.7. The number of methoxy groups -OCH3 is 1. The van der Waals surface area contributed by atoms with Gasteiger partial charge in [-0.25, -0.2) is 0 Å². The molecule has 0 unspecified atom stereocenters. The van der Waals surface area contributed by atoms with Gasteiger partial charge in [-0.1, -0.05) is 12.1 Å². The van der Waals surface area contributed by atoms with Crippen molar-refractivity contribution in [1.82, 2.24) is 5.32 Å². The fourth-order valence-corrected chi connectivity index (χ4v) is 2.03. The summed E-state index contributed by atoms with van der Waals surface area (Å²) in [6, 6.07) is 5.08. The number of ether oxygens (including phenoxy) is 1. The Morgan fingerprint density at radius 1 is 1.47 bits per heavy atom. The van der Waals surface area contributed by atoms with Crippen LogP contribution in [0.2, 0.25) is 0 Å². The Morgan fingerprint density at radius 3 is 2.88 bits per heavy atom. The van der Waals surface area contributed by atoms with Crippen LogP contribution < -0.4 is 5.32 Å². The predicted molar refractivity (Wildman–Crippen MR) is 69.2 cm³/mol. The molecule has 0 aromatic heterocycles. The van der Waals surface area contributed by atoms with Gasteiger partial charge in [-0.15, -0.1) is 0 Å². The van der Waals surface area contributed by atoms with Crippen molar-refractivity contribution in [3.05, 3.63) is 38.3 Å². The third-order valence-electron chi connectivity index (χ3n) is 2.31. The SMILES string of the molecule is COCCNCCc1cccc([N+](=O)[O-])c1Br. The lowest BCUT2D eigenvalue weighted by Gasteiger charge is -2.06. The first-order chi connectivity index (χ1) is 8.16. The van der Waals surface area contributed by atoms with Gasteiger partial charge in [0.15, 0.2) is 0 Å². The predicted octanol–water partition coefficient (Wildman–Crippen LogP) is 2.14. The van der Waals surface area contributed by atoms with E-state index in [1.54, 1.807) is 13.2 Å². The molecule has 17 heavy (non-hydrogen) atoms. The quantitative estimate of drug-likeness (QED) is 0.476. The lowest BCUT2D eigenvalue weighted by molar-refractivity contribution is -0.385. The van der Waals surface area contributed by atoms with E-state index in [2.05, 4.69) is 21.2 Å². The molecule has 1 aromatic rings. The maximum Gasteiger partial charge on any atom is 0.283 e. The number of nitro groups is 1. The van der Waals surface area contributed by atoms with Crippen LogP contribution in [0.1, 0.15) is 5.56 Å². The number of nitrogens with zero attached hydrogens (tertiary/aromatic N) is 1. The van der Waals surface area contributed by atoms with Gasteiger partial charge in [0.25, 0.3) is 5.69 Å². The second-order valence-electron chi connectivity index (χ2n) is 3.50. The van der Waals surface area contributed by atoms with Crippen molar-refractivity contribution < 1.29 is 9.66 Å². The first-order valence-corrected chi connectivity index (χ1v) is 6.07. The Morgan fingerprint density at radius 2 is 2.24 bits per heavy atom. The molecule has 0 spiro atoms. The van der Waals surface area contributed by atoms with Crippen LogP contribution in [0.5, 0.6) is 0 Å². The monoisotopic (exact) mass is 302 g/mol. The van der Waals surface area contributed by atoms with Crippen LogP contribution in [-0.4, -0.2) is 31.7 Å². The van der Waals surface area contributed by atoms with E-state index in [4.69, 9.17) is 4.74 Å². The van der Waals surface area contributed by atoms with Crippen molar-refractivity contribution >= 4 is 21.6 Å². The molecule has 94 valence electrons. The normalized spacial score (nSPS) is 10.5. The van der Waals surface area contributed by atoms with Gasteiger partial charge in [0.2, 0.25) is 0 Å². The number of rotatable bonds is 7. The molecule has 0 fully saturated rings. The van der Waals surface area contributed by atoms with Crippen LogP contribution >= 0.6 is 15.9 Å². The highest BCUT2D eigenvalue weighted by molar-refractivity contribution is 9.10. The van der Waals surface area contributed by atoms with Gasteiger partial charge < -0.3 is 10.1 Å². The van der Waals surface area contributed by atoms with Crippen LogP contribution in [0.4, 0.5) is 5.69 Å². The molecular weight excluding hydrogens is 288 g/mol. The molecule has 0 bridgehead atoms. The van der Waals surface area contributed by atoms with E-state index in [-0.39, 0.29) is 10.6 Å². The van der Waals surface area contributed by atoms with Crippen molar-refractivity contribution in [2.24, 2.45) is 0 Å². The van der Waals surface area contributed by atoms with Crippen LogP contribution in [0.15, 0.2) is 22.7 Å². The first-order valence-electron chi connectivity index (χ1n) is 5.28. The van der Waals surface area contributed by atoms with Gasteiger partial charge in [0.1, 0.15) is 0 Å². The molecule has 0 saturated carbocycles. The smallest absolute Gasteiger partial charge is 0.283 e. The number of nitrogens with one attached hydrogen (secondary N) is 1. The molecule has 6 heteroatoms. The molecule has 0 amide bonds. The molecule has 0 radical (unpaired) electrons. The van der Waals surface area contributed by atoms with Crippen molar-refractivity contribution in [3.8, 4) is 0 Å². The van der Waals surface area contributed by atoms with Gasteiger partial charge >= 0.3 is 0 Å². The lowest BCUT2D eigenvalue weighted by atomic mass is 10.1. The summed E-state index contributed by atoms with van der Waals surface area (Å²) in [5, 5.41) is 13.9. The molecule has 0 atom stereocenters. The molecule has 1 aromatic carbocycles. The Labute approximate surface area is 108 Å². The highest BCUT2D eigenvalue weighted by Gasteiger charge is 2.13. The number of benzene rings is 1. The summed E-state index contributed by atoms with van der Waals surface area (Å²) in [7, 11) is 1.65. The van der Waals surface area contributed by atoms with Gasteiger partial charge in [-0.05, 0) is 34.5 Å². The number of hydrogen-bond donors (Lipinski definition) is 1. The van der Waals surface area contributed by atoms with Crippen molar-refractivity contribution in [2.45, 2.75) is 6.42 Å². The van der Waals surface area contributed by atoms with Crippen LogP contribution in [-0.2, 0) is 11.2 Å². The molecule has 5 nitrogen and oxygen atoms in total. The Bertz CT molecular complexity index is 385. The average Bonchev–Trinajstić information content (AvgIpc) is 2.30. The van der Waals surface area contributed by atoms with Gasteiger partial charge in [-0.2, -0.15) is 0 Å². The summed E-state index contributed by atoms with van der Waals surface area (Å²) in [6.45, 7) is 2.21. The summed E-state index contributed by atoms with van der Waals surface area (Å²) in [4.78, 5) is 10.3. The lowest BCUT2D eigenvalue weighted by Crippen LogP contribution is -2.21. The molecule has 1 rings (SSSR count). The summed E-state index contributed by atoms with van der Waals surface area (Å²) in [5.41, 5.74) is 1.04. The minimum Gasteiger partial charge on any atom is -0.383 e. The molecule has 1 N–H and O–H groups in total. The summed E-state index contributed by atoms with van der Waals surface area (Å²) in [6.07, 6.45) is 0.742. The maximum absolute atomic E-state index is 10.7. The minimum absolute atomic E-state index is 0.111. The van der Waals surface area contributed by atoms with Crippen molar-refractivity contribution in [3.63, 3.8) is 0 Å². The van der Waals surface area contributed by atoms with E-state index in [0.717, 1.165) is 25.1 Å². The summed E-state index contributed by atoms with van der Waals surface area (Å²) >= 11 is 3.27. The van der Waals surface area contributed by atoms with Crippen molar-refractivity contribution in [1.29, 1.82) is 0 Å². The van der Waals surface area contributed by atoms with Gasteiger partial charge in [-0.3, -0.25) is 10.1 Å². The standard InChI is InChI=1S/C11H15BrN2O3/c1-17-8-7-13-6-5-9-3-2-4-10(11(9)12)14(15)16/h2-4,13H,5-8H2,1H3. The molecule has 0 aliphatic rings. The molecule has 0 aliphatic carbocycles. The molecule has 0 saturated heterocycles. The summed E-state index contributed by atoms with van der Waals surface area (Å²) < 4.78 is 5.48. The van der Waals surface area contributed by atoms with E-state index in [9.17, 15) is 10.1 Å². The number of halogens is 1. The van der Waals surface area contributed by atoms with Crippen LogP contribution in [0.25, 0.3) is 0 Å². The van der Waals surface area contributed by atoms with Crippen LogP contribution in [0.3, 0.4) is 0 Å². The topological polar surface area (TPSA) is 64.4 Å². The number of hydrogen-bond acceptors (Lipinski definition) is 4. The Kier molecular flexibility index (Phi) is 6.10. The Balaban J connectivity index is 2.54. The third kappa shape index (κ3) is 4.41. The highest BCUT2D eigenvalue weighted by atomic mass is 79.9.